The molecule has 0 aliphatic rings. The highest BCUT2D eigenvalue weighted by molar-refractivity contribution is 5.58. The molecule has 0 unspecified atom stereocenters. The topological polar surface area (TPSA) is 12.9 Å². The summed E-state index contributed by atoms with van der Waals surface area (Å²) in [4.78, 5) is 4.57. The summed E-state index contributed by atoms with van der Waals surface area (Å²) in [6.45, 7) is 2.27. The van der Waals surface area contributed by atoms with Crippen LogP contribution in [0.2, 0.25) is 0 Å². The van der Waals surface area contributed by atoms with E-state index in [2.05, 4.69) is 42.2 Å². The number of aromatic nitrogens is 1. The number of unbranched alkanes of at least 4 members (excludes halogenated alkanes) is 6. The van der Waals surface area contributed by atoms with Crippen LogP contribution in [0.15, 0.2) is 42.6 Å². The van der Waals surface area contributed by atoms with Crippen molar-refractivity contribution in [3.8, 4) is 11.3 Å². The Morgan fingerprint density at radius 3 is 2.24 bits per heavy atom. The van der Waals surface area contributed by atoms with Crippen molar-refractivity contribution in [2.45, 2.75) is 58.3 Å². The highest BCUT2D eigenvalue weighted by atomic mass is 14.7. The van der Waals surface area contributed by atoms with Gasteiger partial charge in [-0.15, -0.1) is 0 Å². The van der Waals surface area contributed by atoms with Gasteiger partial charge in [-0.25, -0.2) is 0 Å². The van der Waals surface area contributed by atoms with Gasteiger partial charge in [-0.05, 0) is 30.5 Å². The van der Waals surface area contributed by atoms with Crippen LogP contribution in [0, 0.1) is 6.07 Å². The molecule has 0 N–H and O–H groups in total. The molecule has 21 heavy (non-hydrogen) atoms. The summed E-state index contributed by atoms with van der Waals surface area (Å²) >= 11 is 0. The molecule has 1 heterocycles. The maximum absolute atomic E-state index is 4.57. The number of nitrogens with zero attached hydrogens (tertiary/aromatic N) is 1. The minimum Gasteiger partial charge on any atom is -0.256 e. The predicted molar refractivity (Wildman–Crippen MR) is 90.2 cm³/mol. The zero-order valence-corrected chi connectivity index (χ0v) is 13.1. The second-order valence-electron chi connectivity index (χ2n) is 5.71. The Hall–Kier alpha value is -1.63. The molecule has 0 aliphatic heterocycles. The molecule has 2 aromatic rings. The maximum atomic E-state index is 4.57. The van der Waals surface area contributed by atoms with Gasteiger partial charge in [-0.3, -0.25) is 4.98 Å². The normalized spacial score (nSPS) is 10.7. The number of hydrogen-bond acceptors (Lipinski definition) is 1. The van der Waals surface area contributed by atoms with Gasteiger partial charge < -0.3 is 0 Å². The Labute approximate surface area is 129 Å². The van der Waals surface area contributed by atoms with E-state index in [1.807, 2.05) is 18.3 Å². The average Bonchev–Trinajstić information content (AvgIpc) is 2.55. The molecule has 1 aromatic heterocycles. The average molecular weight is 280 g/mol. The molecule has 1 aromatic carbocycles. The summed E-state index contributed by atoms with van der Waals surface area (Å²) in [5.41, 5.74) is 3.57. The van der Waals surface area contributed by atoms with Crippen LogP contribution in [0.3, 0.4) is 0 Å². The Balaban J connectivity index is 1.71. The van der Waals surface area contributed by atoms with Crippen molar-refractivity contribution in [2.75, 3.05) is 0 Å². The third kappa shape index (κ3) is 5.71. The number of benzene rings is 1. The van der Waals surface area contributed by atoms with Gasteiger partial charge in [-0.1, -0.05) is 75.8 Å². The molecule has 1 radical (unpaired) electrons. The van der Waals surface area contributed by atoms with Crippen LogP contribution in [0.1, 0.15) is 57.4 Å². The fourth-order valence-corrected chi connectivity index (χ4v) is 2.59. The van der Waals surface area contributed by atoms with Crippen molar-refractivity contribution in [3.63, 3.8) is 0 Å². The first kappa shape index (κ1) is 15.8. The lowest BCUT2D eigenvalue weighted by molar-refractivity contribution is 0.589. The Bertz CT molecular complexity index is 487. The molecule has 1 heteroatoms. The standard InChI is InChI=1S/C20H26N/c1-2-3-4-5-6-7-9-12-18-15-16-20(21-17-18)19-13-10-8-11-14-19/h10-11,13-17H,2-7,9,12H2,1H3. The Kier molecular flexibility index (Phi) is 7.00. The number of pyridine rings is 1. The summed E-state index contributed by atoms with van der Waals surface area (Å²) in [6, 6.07) is 15.4. The highest BCUT2D eigenvalue weighted by Crippen LogP contribution is 2.17. The van der Waals surface area contributed by atoms with E-state index in [-0.39, 0.29) is 0 Å². The minimum atomic E-state index is 1.05. The third-order valence-corrected chi connectivity index (χ3v) is 3.91. The van der Waals surface area contributed by atoms with Gasteiger partial charge in [0.2, 0.25) is 0 Å². The molecular formula is C20H26N. The summed E-state index contributed by atoms with van der Waals surface area (Å²) in [5, 5.41) is 0. The molecule has 0 atom stereocenters. The van der Waals surface area contributed by atoms with Crippen LogP contribution < -0.4 is 0 Å². The lowest BCUT2D eigenvalue weighted by atomic mass is 10.0. The smallest absolute Gasteiger partial charge is 0.0702 e. The van der Waals surface area contributed by atoms with E-state index >= 15 is 0 Å². The largest absolute Gasteiger partial charge is 0.256 e. The molecule has 0 amide bonds. The predicted octanol–water partition coefficient (Wildman–Crippen LogP) is 5.84. The molecule has 0 fully saturated rings. The van der Waals surface area contributed by atoms with Crippen molar-refractivity contribution in [2.24, 2.45) is 0 Å². The molecular weight excluding hydrogens is 254 g/mol. The molecule has 0 spiro atoms. The van der Waals surface area contributed by atoms with E-state index < -0.39 is 0 Å². The fourth-order valence-electron chi connectivity index (χ4n) is 2.59. The Morgan fingerprint density at radius 2 is 1.57 bits per heavy atom. The van der Waals surface area contributed by atoms with E-state index in [0.717, 1.165) is 17.7 Å². The molecule has 111 valence electrons. The van der Waals surface area contributed by atoms with Crippen molar-refractivity contribution in [1.29, 1.82) is 0 Å². The highest BCUT2D eigenvalue weighted by Gasteiger charge is 1.99. The van der Waals surface area contributed by atoms with Crippen LogP contribution >= 0.6 is 0 Å². The van der Waals surface area contributed by atoms with E-state index in [0.29, 0.717) is 0 Å². The first-order valence-corrected chi connectivity index (χ1v) is 8.31. The summed E-state index contributed by atoms with van der Waals surface area (Å²) in [5.74, 6) is 0. The number of hydrogen-bond donors (Lipinski definition) is 0. The SMILES string of the molecule is CCCCCCCCCc1ccc(-c2cc[c]cc2)nc1. The lowest BCUT2D eigenvalue weighted by Crippen LogP contribution is -1.89. The fraction of sp³-hybridized carbons (Fsp3) is 0.450. The second kappa shape index (κ2) is 9.33. The summed E-state index contributed by atoms with van der Waals surface area (Å²) in [7, 11) is 0. The quantitative estimate of drug-likeness (QED) is 0.526. The molecule has 0 aliphatic carbocycles. The van der Waals surface area contributed by atoms with Crippen molar-refractivity contribution in [3.05, 3.63) is 54.2 Å². The van der Waals surface area contributed by atoms with Gasteiger partial charge in [0.15, 0.2) is 0 Å². The zero-order chi connectivity index (χ0) is 14.8. The van der Waals surface area contributed by atoms with E-state index in [4.69, 9.17) is 0 Å². The molecule has 0 saturated carbocycles. The maximum Gasteiger partial charge on any atom is 0.0702 e. The van der Waals surface area contributed by atoms with Gasteiger partial charge in [0.05, 0.1) is 5.69 Å². The molecule has 2 rings (SSSR count). The zero-order valence-electron chi connectivity index (χ0n) is 13.1. The minimum absolute atomic E-state index is 1.05. The molecule has 0 saturated heterocycles. The van der Waals surface area contributed by atoms with Crippen molar-refractivity contribution < 1.29 is 0 Å². The van der Waals surface area contributed by atoms with Gasteiger partial charge >= 0.3 is 0 Å². The van der Waals surface area contributed by atoms with Crippen LogP contribution in [0.25, 0.3) is 11.3 Å². The first-order valence-electron chi connectivity index (χ1n) is 8.31. The summed E-state index contributed by atoms with van der Waals surface area (Å²) in [6.07, 6.45) is 12.7. The second-order valence-corrected chi connectivity index (χ2v) is 5.71. The van der Waals surface area contributed by atoms with Crippen LogP contribution in [0.5, 0.6) is 0 Å². The van der Waals surface area contributed by atoms with Gasteiger partial charge in [-0.2, -0.15) is 0 Å². The van der Waals surface area contributed by atoms with Gasteiger partial charge in [0.25, 0.3) is 0 Å². The van der Waals surface area contributed by atoms with Crippen LogP contribution in [0.4, 0.5) is 0 Å². The van der Waals surface area contributed by atoms with E-state index in [1.54, 1.807) is 0 Å². The number of aryl methyl sites for hydroxylation is 1. The van der Waals surface area contributed by atoms with Crippen molar-refractivity contribution in [1.82, 2.24) is 4.98 Å². The molecule has 1 nitrogen and oxygen atoms in total. The number of rotatable bonds is 9. The van der Waals surface area contributed by atoms with Crippen LogP contribution in [-0.4, -0.2) is 4.98 Å². The Morgan fingerprint density at radius 1 is 0.857 bits per heavy atom. The van der Waals surface area contributed by atoms with Crippen molar-refractivity contribution >= 4 is 0 Å². The molecule has 0 bridgehead atoms. The van der Waals surface area contributed by atoms with E-state index in [1.165, 1.54) is 50.5 Å². The first-order chi connectivity index (χ1) is 10.4. The third-order valence-electron chi connectivity index (χ3n) is 3.91. The van der Waals surface area contributed by atoms with Gasteiger partial charge in [0.1, 0.15) is 0 Å². The van der Waals surface area contributed by atoms with E-state index in [9.17, 15) is 0 Å². The summed E-state index contributed by atoms with van der Waals surface area (Å²) < 4.78 is 0. The monoisotopic (exact) mass is 280 g/mol. The lowest BCUT2D eigenvalue weighted by Gasteiger charge is -2.04. The van der Waals surface area contributed by atoms with Gasteiger partial charge in [0, 0.05) is 11.8 Å². The van der Waals surface area contributed by atoms with Crippen LogP contribution in [-0.2, 0) is 6.42 Å².